The lowest BCUT2D eigenvalue weighted by Crippen LogP contribution is -2.08. The van der Waals surface area contributed by atoms with E-state index in [1.165, 1.54) is 5.39 Å². The average Bonchev–Trinajstić information content (AvgIpc) is 2.98. The van der Waals surface area contributed by atoms with E-state index in [1.54, 1.807) is 13.1 Å². The van der Waals surface area contributed by atoms with Crippen LogP contribution in [-0.2, 0) is 4.79 Å². The monoisotopic (exact) mass is 320 g/mol. The van der Waals surface area contributed by atoms with Gasteiger partial charge in [0.05, 0.1) is 23.3 Å². The van der Waals surface area contributed by atoms with Crippen LogP contribution in [0.5, 0.6) is 0 Å². The van der Waals surface area contributed by atoms with Crippen molar-refractivity contribution < 1.29 is 9.90 Å². The molecule has 1 unspecified atom stereocenters. The zero-order valence-electron chi connectivity index (χ0n) is 13.6. The van der Waals surface area contributed by atoms with Crippen molar-refractivity contribution >= 4 is 22.9 Å². The standard InChI is InChI=1S/C20H20N2O2/c1-15(20(23)24)7-2-3-8-16-14-22(17-9-6-12-21-13-17)19-11-5-4-10-18(16)19/h3-6,8-15H,2,7H2,1H3,(H,23,24)/b8-3+. The van der Waals surface area contributed by atoms with Crippen molar-refractivity contribution in [3.8, 4) is 5.69 Å². The van der Waals surface area contributed by atoms with E-state index < -0.39 is 5.97 Å². The number of rotatable bonds is 6. The van der Waals surface area contributed by atoms with Crippen molar-refractivity contribution in [3.63, 3.8) is 0 Å². The number of nitrogens with zero attached hydrogens (tertiary/aromatic N) is 2. The molecule has 2 aromatic heterocycles. The summed E-state index contributed by atoms with van der Waals surface area (Å²) in [5.41, 5.74) is 3.27. The number of benzene rings is 1. The van der Waals surface area contributed by atoms with Gasteiger partial charge in [-0.15, -0.1) is 0 Å². The van der Waals surface area contributed by atoms with Gasteiger partial charge in [0.15, 0.2) is 0 Å². The fraction of sp³-hybridized carbons (Fsp3) is 0.200. The third-order valence-electron chi connectivity index (χ3n) is 4.15. The number of hydrogen-bond donors (Lipinski definition) is 1. The molecular weight excluding hydrogens is 300 g/mol. The predicted octanol–water partition coefficient (Wildman–Crippen LogP) is 4.54. The Balaban J connectivity index is 1.88. The fourth-order valence-electron chi connectivity index (χ4n) is 2.73. The second-order valence-corrected chi connectivity index (χ2v) is 5.90. The van der Waals surface area contributed by atoms with Crippen molar-refractivity contribution in [2.45, 2.75) is 19.8 Å². The van der Waals surface area contributed by atoms with E-state index in [0.29, 0.717) is 6.42 Å². The molecule has 0 saturated carbocycles. The third kappa shape index (κ3) is 3.38. The number of carboxylic acid groups (broad SMARTS) is 1. The summed E-state index contributed by atoms with van der Waals surface area (Å²) in [4.78, 5) is 15.1. The molecule has 3 aromatic rings. The zero-order valence-corrected chi connectivity index (χ0v) is 13.6. The predicted molar refractivity (Wildman–Crippen MR) is 96.1 cm³/mol. The number of carbonyl (C=O) groups is 1. The van der Waals surface area contributed by atoms with E-state index in [0.717, 1.165) is 23.2 Å². The lowest BCUT2D eigenvalue weighted by Gasteiger charge is -2.03. The molecule has 3 rings (SSSR count). The van der Waals surface area contributed by atoms with Gasteiger partial charge in [0, 0.05) is 23.3 Å². The van der Waals surface area contributed by atoms with E-state index in [4.69, 9.17) is 5.11 Å². The van der Waals surface area contributed by atoms with Gasteiger partial charge in [-0.3, -0.25) is 9.78 Å². The molecule has 4 nitrogen and oxygen atoms in total. The van der Waals surface area contributed by atoms with Gasteiger partial charge in [-0.25, -0.2) is 0 Å². The molecule has 0 aliphatic heterocycles. The largest absolute Gasteiger partial charge is 0.481 e. The summed E-state index contributed by atoms with van der Waals surface area (Å²) >= 11 is 0. The summed E-state index contributed by atoms with van der Waals surface area (Å²) < 4.78 is 2.13. The average molecular weight is 320 g/mol. The Hall–Kier alpha value is -2.88. The summed E-state index contributed by atoms with van der Waals surface area (Å²) in [5, 5.41) is 10.1. The van der Waals surface area contributed by atoms with Crippen molar-refractivity contribution in [2.75, 3.05) is 0 Å². The van der Waals surface area contributed by atoms with E-state index in [-0.39, 0.29) is 5.92 Å². The highest BCUT2D eigenvalue weighted by Crippen LogP contribution is 2.25. The number of hydrogen-bond acceptors (Lipinski definition) is 2. The molecule has 0 radical (unpaired) electrons. The Morgan fingerprint density at radius 1 is 1.29 bits per heavy atom. The highest BCUT2D eigenvalue weighted by Gasteiger charge is 2.09. The number of fused-ring (bicyclic) bond motifs is 1. The van der Waals surface area contributed by atoms with Crippen molar-refractivity contribution in [1.82, 2.24) is 9.55 Å². The molecule has 122 valence electrons. The summed E-state index contributed by atoms with van der Waals surface area (Å²) in [6.45, 7) is 1.74. The molecule has 2 heterocycles. The number of allylic oxidation sites excluding steroid dienone is 1. The second kappa shape index (κ2) is 7.13. The van der Waals surface area contributed by atoms with Crippen LogP contribution in [0.1, 0.15) is 25.3 Å². The van der Waals surface area contributed by atoms with Gasteiger partial charge < -0.3 is 9.67 Å². The number of pyridine rings is 1. The van der Waals surface area contributed by atoms with Crippen LogP contribution >= 0.6 is 0 Å². The molecule has 0 amide bonds. The molecule has 1 aromatic carbocycles. The van der Waals surface area contributed by atoms with Crippen LogP contribution in [0.25, 0.3) is 22.7 Å². The van der Waals surface area contributed by atoms with Gasteiger partial charge in [0.25, 0.3) is 0 Å². The van der Waals surface area contributed by atoms with Crippen LogP contribution < -0.4 is 0 Å². The Morgan fingerprint density at radius 2 is 2.12 bits per heavy atom. The SMILES string of the molecule is CC(CC/C=C/c1cn(-c2cccnc2)c2ccccc12)C(=O)O. The van der Waals surface area contributed by atoms with Crippen LogP contribution in [0.3, 0.4) is 0 Å². The maximum atomic E-state index is 10.9. The van der Waals surface area contributed by atoms with Gasteiger partial charge in [0.1, 0.15) is 0 Å². The summed E-state index contributed by atoms with van der Waals surface area (Å²) in [7, 11) is 0. The second-order valence-electron chi connectivity index (χ2n) is 5.90. The molecule has 0 aliphatic rings. The minimum atomic E-state index is -0.739. The molecule has 24 heavy (non-hydrogen) atoms. The Bertz CT molecular complexity index is 866. The molecule has 0 aliphatic carbocycles. The van der Waals surface area contributed by atoms with Crippen LogP contribution in [-0.4, -0.2) is 20.6 Å². The van der Waals surface area contributed by atoms with Gasteiger partial charge in [0.2, 0.25) is 0 Å². The highest BCUT2D eigenvalue weighted by atomic mass is 16.4. The van der Waals surface area contributed by atoms with Gasteiger partial charge in [-0.05, 0) is 31.0 Å². The van der Waals surface area contributed by atoms with E-state index in [9.17, 15) is 4.79 Å². The lowest BCUT2D eigenvalue weighted by molar-refractivity contribution is -0.141. The minimum Gasteiger partial charge on any atom is -0.481 e. The smallest absolute Gasteiger partial charge is 0.306 e. The highest BCUT2D eigenvalue weighted by molar-refractivity contribution is 5.90. The Morgan fingerprint density at radius 3 is 2.88 bits per heavy atom. The third-order valence-corrected chi connectivity index (χ3v) is 4.15. The molecule has 0 saturated heterocycles. The molecule has 4 heteroatoms. The lowest BCUT2D eigenvalue weighted by atomic mass is 10.1. The number of para-hydroxylation sites is 1. The maximum absolute atomic E-state index is 10.9. The van der Waals surface area contributed by atoms with Gasteiger partial charge in [-0.1, -0.05) is 37.3 Å². The molecule has 1 N–H and O–H groups in total. The molecule has 0 bridgehead atoms. The summed E-state index contributed by atoms with van der Waals surface area (Å²) in [6.07, 6.45) is 11.2. The Kier molecular flexibility index (Phi) is 4.75. The summed E-state index contributed by atoms with van der Waals surface area (Å²) in [5.74, 6) is -1.05. The van der Waals surface area contributed by atoms with E-state index in [1.807, 2.05) is 30.5 Å². The van der Waals surface area contributed by atoms with Crippen molar-refractivity contribution in [3.05, 3.63) is 66.6 Å². The van der Waals surface area contributed by atoms with E-state index in [2.05, 4.69) is 40.0 Å². The van der Waals surface area contributed by atoms with Crippen molar-refractivity contribution in [1.29, 1.82) is 0 Å². The summed E-state index contributed by atoms with van der Waals surface area (Å²) in [6, 6.07) is 12.2. The molecule has 0 fully saturated rings. The topological polar surface area (TPSA) is 55.1 Å². The number of carboxylic acids is 1. The first-order valence-electron chi connectivity index (χ1n) is 8.06. The zero-order chi connectivity index (χ0) is 16.9. The van der Waals surface area contributed by atoms with Crippen LogP contribution in [0.15, 0.2) is 61.1 Å². The minimum absolute atomic E-state index is 0.314. The van der Waals surface area contributed by atoms with Crippen molar-refractivity contribution in [2.24, 2.45) is 5.92 Å². The van der Waals surface area contributed by atoms with Gasteiger partial charge >= 0.3 is 5.97 Å². The van der Waals surface area contributed by atoms with Crippen LogP contribution in [0, 0.1) is 5.92 Å². The van der Waals surface area contributed by atoms with Gasteiger partial charge in [-0.2, -0.15) is 0 Å². The number of aromatic nitrogens is 2. The molecule has 1 atom stereocenters. The normalized spacial score (nSPS) is 12.7. The molecular formula is C20H20N2O2. The number of aliphatic carboxylic acids is 1. The molecule has 0 spiro atoms. The first kappa shape index (κ1) is 16.0. The fourth-order valence-corrected chi connectivity index (χ4v) is 2.73. The van der Waals surface area contributed by atoms with Crippen LogP contribution in [0.4, 0.5) is 0 Å². The van der Waals surface area contributed by atoms with E-state index >= 15 is 0 Å². The first-order chi connectivity index (χ1) is 11.7. The first-order valence-corrected chi connectivity index (χ1v) is 8.06. The van der Waals surface area contributed by atoms with Crippen LogP contribution in [0.2, 0.25) is 0 Å². The quantitative estimate of drug-likeness (QED) is 0.725. The maximum Gasteiger partial charge on any atom is 0.306 e. The Labute approximate surface area is 141 Å².